The first-order chi connectivity index (χ1) is 11.0. The second-order valence-electron chi connectivity index (χ2n) is 5.52. The molecule has 0 aliphatic heterocycles. The van der Waals surface area contributed by atoms with Gasteiger partial charge in [-0.1, -0.05) is 29.3 Å². The van der Waals surface area contributed by atoms with E-state index in [0.717, 1.165) is 10.9 Å². The second kappa shape index (κ2) is 6.22. The lowest BCUT2D eigenvalue weighted by molar-refractivity contribution is 0.102. The summed E-state index contributed by atoms with van der Waals surface area (Å²) in [6, 6.07) is 9.08. The standard InChI is InChI=1S/C17H15Cl2N3O/c1-10(2)22-9-14(13-5-3-11(18)7-15(13)22)17(23)21-16-6-4-12(19)8-20-16/h3-10H,1-2H3,(H,20,21,23). The lowest BCUT2D eigenvalue weighted by Gasteiger charge is -2.08. The number of rotatable bonds is 3. The van der Waals surface area contributed by atoms with E-state index < -0.39 is 0 Å². The van der Waals surface area contributed by atoms with Crippen molar-refractivity contribution in [2.45, 2.75) is 19.9 Å². The van der Waals surface area contributed by atoms with E-state index >= 15 is 0 Å². The van der Waals surface area contributed by atoms with Gasteiger partial charge in [0, 0.05) is 28.8 Å². The predicted molar refractivity (Wildman–Crippen MR) is 94.5 cm³/mol. The topological polar surface area (TPSA) is 46.9 Å². The van der Waals surface area contributed by atoms with Crippen molar-refractivity contribution in [1.29, 1.82) is 0 Å². The Morgan fingerprint density at radius 2 is 1.91 bits per heavy atom. The smallest absolute Gasteiger partial charge is 0.258 e. The van der Waals surface area contributed by atoms with E-state index in [2.05, 4.69) is 24.1 Å². The van der Waals surface area contributed by atoms with E-state index in [1.807, 2.05) is 22.9 Å². The molecular weight excluding hydrogens is 333 g/mol. The number of aromatic nitrogens is 2. The van der Waals surface area contributed by atoms with Gasteiger partial charge in [0.25, 0.3) is 5.91 Å². The normalized spacial score (nSPS) is 11.2. The third-order valence-electron chi connectivity index (χ3n) is 3.57. The highest BCUT2D eigenvalue weighted by molar-refractivity contribution is 6.31. The molecule has 1 amide bonds. The fraction of sp³-hybridized carbons (Fsp3) is 0.176. The van der Waals surface area contributed by atoms with Gasteiger partial charge in [-0.2, -0.15) is 0 Å². The Labute approximate surface area is 144 Å². The number of nitrogens with zero attached hydrogens (tertiary/aromatic N) is 2. The summed E-state index contributed by atoms with van der Waals surface area (Å²) >= 11 is 11.9. The minimum atomic E-state index is -0.216. The van der Waals surface area contributed by atoms with Crippen LogP contribution in [0.5, 0.6) is 0 Å². The molecule has 0 atom stereocenters. The first kappa shape index (κ1) is 15.8. The molecule has 0 aliphatic carbocycles. The zero-order valence-corrected chi connectivity index (χ0v) is 14.2. The van der Waals surface area contributed by atoms with Gasteiger partial charge in [0.05, 0.1) is 16.1 Å². The van der Waals surface area contributed by atoms with Crippen LogP contribution in [0.15, 0.2) is 42.7 Å². The molecule has 23 heavy (non-hydrogen) atoms. The van der Waals surface area contributed by atoms with Gasteiger partial charge in [-0.25, -0.2) is 4.98 Å². The number of carbonyl (C=O) groups is 1. The largest absolute Gasteiger partial charge is 0.344 e. The van der Waals surface area contributed by atoms with Crippen LogP contribution in [0.1, 0.15) is 30.2 Å². The van der Waals surface area contributed by atoms with E-state index in [9.17, 15) is 4.79 Å². The SMILES string of the molecule is CC(C)n1cc(C(=O)Nc2ccc(Cl)cn2)c2ccc(Cl)cc21. The van der Waals surface area contributed by atoms with Crippen LogP contribution in [0.25, 0.3) is 10.9 Å². The molecule has 4 nitrogen and oxygen atoms in total. The van der Waals surface area contributed by atoms with Crippen LogP contribution in [0.3, 0.4) is 0 Å². The fourth-order valence-electron chi connectivity index (χ4n) is 2.47. The highest BCUT2D eigenvalue weighted by Crippen LogP contribution is 2.28. The van der Waals surface area contributed by atoms with E-state index in [1.165, 1.54) is 6.20 Å². The molecule has 3 rings (SSSR count). The summed E-state index contributed by atoms with van der Waals surface area (Å²) in [4.78, 5) is 16.7. The third-order valence-corrected chi connectivity index (χ3v) is 4.02. The average Bonchev–Trinajstić information content (AvgIpc) is 2.88. The molecule has 0 radical (unpaired) electrons. The predicted octanol–water partition coefficient (Wildman–Crippen LogP) is 5.18. The van der Waals surface area contributed by atoms with Crippen LogP contribution in [0.4, 0.5) is 5.82 Å². The number of carbonyl (C=O) groups excluding carboxylic acids is 1. The van der Waals surface area contributed by atoms with Crippen molar-refractivity contribution in [2.75, 3.05) is 5.32 Å². The van der Waals surface area contributed by atoms with E-state index in [1.54, 1.807) is 18.2 Å². The highest BCUT2D eigenvalue weighted by Gasteiger charge is 2.17. The molecule has 2 heterocycles. The van der Waals surface area contributed by atoms with Crippen LogP contribution in [0, 0.1) is 0 Å². The molecule has 0 bridgehead atoms. The van der Waals surface area contributed by atoms with E-state index in [4.69, 9.17) is 23.2 Å². The maximum atomic E-state index is 12.6. The first-order valence-corrected chi connectivity index (χ1v) is 7.94. The van der Waals surface area contributed by atoms with Crippen molar-refractivity contribution < 1.29 is 4.79 Å². The molecule has 0 saturated carbocycles. The summed E-state index contributed by atoms with van der Waals surface area (Å²) < 4.78 is 2.03. The molecule has 0 saturated heterocycles. The quantitative estimate of drug-likeness (QED) is 0.709. The first-order valence-electron chi connectivity index (χ1n) is 7.18. The zero-order chi connectivity index (χ0) is 16.6. The number of benzene rings is 1. The minimum absolute atomic E-state index is 0.214. The van der Waals surface area contributed by atoms with Crippen LogP contribution in [-0.2, 0) is 0 Å². The van der Waals surface area contributed by atoms with Gasteiger partial charge in [0.2, 0.25) is 0 Å². The molecule has 1 N–H and O–H groups in total. The molecule has 3 aromatic rings. The third kappa shape index (κ3) is 3.19. The summed E-state index contributed by atoms with van der Waals surface area (Å²) in [5.74, 6) is 0.241. The number of halogens is 2. The number of fused-ring (bicyclic) bond motifs is 1. The Morgan fingerprint density at radius 3 is 2.57 bits per heavy atom. The summed E-state index contributed by atoms with van der Waals surface area (Å²) in [5.41, 5.74) is 1.52. The molecule has 0 fully saturated rings. The number of hydrogen-bond acceptors (Lipinski definition) is 2. The average molecular weight is 348 g/mol. The fourth-order valence-corrected chi connectivity index (χ4v) is 2.74. The lowest BCUT2D eigenvalue weighted by Crippen LogP contribution is -2.12. The monoisotopic (exact) mass is 347 g/mol. The molecule has 1 aromatic carbocycles. The van der Waals surface area contributed by atoms with Crippen molar-refractivity contribution in [2.24, 2.45) is 0 Å². The number of pyridine rings is 1. The van der Waals surface area contributed by atoms with Crippen molar-refractivity contribution in [3.63, 3.8) is 0 Å². The van der Waals surface area contributed by atoms with Crippen LogP contribution >= 0.6 is 23.2 Å². The van der Waals surface area contributed by atoms with Crippen molar-refractivity contribution >= 4 is 45.8 Å². The summed E-state index contributed by atoms with van der Waals surface area (Å²) in [5, 5.41) is 4.81. The van der Waals surface area contributed by atoms with Gasteiger partial charge in [0.15, 0.2) is 0 Å². The molecule has 0 unspecified atom stereocenters. The number of hydrogen-bond donors (Lipinski definition) is 1. The van der Waals surface area contributed by atoms with Crippen molar-refractivity contribution in [1.82, 2.24) is 9.55 Å². The molecule has 6 heteroatoms. The Balaban J connectivity index is 2.01. The number of nitrogens with one attached hydrogen (secondary N) is 1. The maximum absolute atomic E-state index is 12.6. The van der Waals surface area contributed by atoms with Gasteiger partial charge in [-0.05, 0) is 38.1 Å². The minimum Gasteiger partial charge on any atom is -0.344 e. The molecule has 0 aliphatic rings. The molecule has 2 aromatic heterocycles. The van der Waals surface area contributed by atoms with Gasteiger partial charge in [-0.15, -0.1) is 0 Å². The number of amides is 1. The molecule has 0 spiro atoms. The van der Waals surface area contributed by atoms with Gasteiger partial charge in [0.1, 0.15) is 5.82 Å². The second-order valence-corrected chi connectivity index (χ2v) is 6.39. The maximum Gasteiger partial charge on any atom is 0.258 e. The Hall–Kier alpha value is -2.04. The summed E-state index contributed by atoms with van der Waals surface area (Å²) in [6.07, 6.45) is 3.34. The van der Waals surface area contributed by atoms with E-state index in [0.29, 0.717) is 21.4 Å². The molecule has 118 valence electrons. The van der Waals surface area contributed by atoms with Gasteiger partial charge < -0.3 is 9.88 Å². The Morgan fingerprint density at radius 1 is 1.17 bits per heavy atom. The lowest BCUT2D eigenvalue weighted by atomic mass is 10.1. The van der Waals surface area contributed by atoms with E-state index in [-0.39, 0.29) is 11.9 Å². The molecular formula is C17H15Cl2N3O. The zero-order valence-electron chi connectivity index (χ0n) is 12.7. The number of anilines is 1. The van der Waals surface area contributed by atoms with Crippen LogP contribution in [0.2, 0.25) is 10.0 Å². The van der Waals surface area contributed by atoms with Crippen molar-refractivity contribution in [3.8, 4) is 0 Å². The van der Waals surface area contributed by atoms with Gasteiger partial charge in [-0.3, -0.25) is 4.79 Å². The van der Waals surface area contributed by atoms with Gasteiger partial charge >= 0.3 is 0 Å². The van der Waals surface area contributed by atoms with Crippen LogP contribution in [-0.4, -0.2) is 15.5 Å². The Bertz CT molecular complexity index is 869. The summed E-state index contributed by atoms with van der Waals surface area (Å²) in [7, 11) is 0. The highest BCUT2D eigenvalue weighted by atomic mass is 35.5. The van der Waals surface area contributed by atoms with Crippen LogP contribution < -0.4 is 5.32 Å². The Kier molecular flexibility index (Phi) is 4.28. The summed E-state index contributed by atoms with van der Waals surface area (Å²) in [6.45, 7) is 4.12. The van der Waals surface area contributed by atoms with Crippen molar-refractivity contribution in [3.05, 3.63) is 58.3 Å².